The van der Waals surface area contributed by atoms with E-state index in [0.29, 0.717) is 5.56 Å². The minimum absolute atomic E-state index is 0.0272. The summed E-state index contributed by atoms with van der Waals surface area (Å²) in [5, 5.41) is 8.08. The lowest BCUT2D eigenvalue weighted by molar-refractivity contribution is -0.114. The standard InChI is InChI=1S/C19H14N4O6S2/c1-2-31(26,27)19-22-30-18-21-16(24)13(15(20)23(18)19)10-11-5-7-12(8-6-11)29-17(25)14-4-3-9-28-14/h3-10,20H,2H2,1H3/b13-10-,20-15?. The third-order valence-electron chi connectivity index (χ3n) is 4.28. The first-order chi connectivity index (χ1) is 14.8. The van der Waals surface area contributed by atoms with E-state index in [1.807, 2.05) is 0 Å². The maximum Gasteiger partial charge on any atom is 0.379 e. The number of furan rings is 1. The second-order valence-electron chi connectivity index (χ2n) is 6.25. The molecule has 1 amide bonds. The fourth-order valence-corrected chi connectivity index (χ4v) is 4.64. The smallest absolute Gasteiger partial charge is 0.379 e. The van der Waals surface area contributed by atoms with E-state index in [0.717, 1.165) is 16.8 Å². The summed E-state index contributed by atoms with van der Waals surface area (Å²) in [7, 11) is -3.71. The van der Waals surface area contributed by atoms with Crippen molar-refractivity contribution in [3.63, 3.8) is 0 Å². The normalized spacial score (nSPS) is 17.5. The van der Waals surface area contributed by atoms with E-state index >= 15 is 0 Å². The van der Waals surface area contributed by atoms with Gasteiger partial charge in [0.05, 0.1) is 29.5 Å². The summed E-state index contributed by atoms with van der Waals surface area (Å²) in [5.74, 6) is -1.55. The number of fused-ring (bicyclic) bond motifs is 1. The Labute approximate surface area is 180 Å². The van der Waals surface area contributed by atoms with Gasteiger partial charge in [0.15, 0.2) is 0 Å². The first kappa shape index (κ1) is 20.8. The van der Waals surface area contributed by atoms with Crippen molar-refractivity contribution in [3.8, 4) is 5.75 Å². The molecule has 158 valence electrons. The van der Waals surface area contributed by atoms with Crippen molar-refractivity contribution < 1.29 is 27.2 Å². The van der Waals surface area contributed by atoms with Gasteiger partial charge >= 0.3 is 5.97 Å². The van der Waals surface area contributed by atoms with Crippen LogP contribution in [0.2, 0.25) is 0 Å². The molecule has 31 heavy (non-hydrogen) atoms. The van der Waals surface area contributed by atoms with E-state index in [-0.39, 0.29) is 39.0 Å². The molecule has 0 saturated heterocycles. The molecule has 2 aliphatic heterocycles. The second kappa shape index (κ2) is 7.96. The van der Waals surface area contributed by atoms with Gasteiger partial charge in [0.2, 0.25) is 25.9 Å². The number of esters is 1. The molecule has 1 aromatic carbocycles. The van der Waals surface area contributed by atoms with E-state index in [2.05, 4.69) is 9.39 Å². The summed E-state index contributed by atoms with van der Waals surface area (Å²) in [5.41, 5.74) is 0.429. The number of nitrogens with zero attached hydrogens (tertiary/aromatic N) is 3. The third kappa shape index (κ3) is 3.94. The number of carbonyl (C=O) groups is 2. The van der Waals surface area contributed by atoms with Crippen LogP contribution < -0.4 is 4.74 Å². The summed E-state index contributed by atoms with van der Waals surface area (Å²) < 4.78 is 38.6. The Morgan fingerprint density at radius 1 is 1.29 bits per heavy atom. The monoisotopic (exact) mass is 458 g/mol. The fraction of sp³-hybridized carbons (Fsp3) is 0.105. The van der Waals surface area contributed by atoms with Gasteiger partial charge in [-0.1, -0.05) is 19.1 Å². The molecule has 2 aliphatic rings. The lowest BCUT2D eigenvalue weighted by atomic mass is 10.1. The van der Waals surface area contributed by atoms with Gasteiger partial charge in [0.25, 0.3) is 5.91 Å². The van der Waals surface area contributed by atoms with Crippen molar-refractivity contribution in [2.24, 2.45) is 9.39 Å². The highest BCUT2D eigenvalue weighted by atomic mass is 32.2. The molecular formula is C19H14N4O6S2. The highest BCUT2D eigenvalue weighted by Crippen LogP contribution is 2.30. The molecule has 0 saturated carbocycles. The van der Waals surface area contributed by atoms with Crippen LogP contribution in [0.25, 0.3) is 6.08 Å². The Morgan fingerprint density at radius 2 is 2.03 bits per heavy atom. The number of rotatable bonds is 4. The van der Waals surface area contributed by atoms with Crippen molar-refractivity contribution in [2.75, 3.05) is 5.75 Å². The van der Waals surface area contributed by atoms with Gasteiger partial charge in [0, 0.05) is 0 Å². The van der Waals surface area contributed by atoms with Crippen LogP contribution in [0.4, 0.5) is 0 Å². The van der Waals surface area contributed by atoms with Crippen molar-refractivity contribution in [3.05, 3.63) is 59.6 Å². The number of hydrogen-bond acceptors (Lipinski definition) is 9. The van der Waals surface area contributed by atoms with Crippen molar-refractivity contribution in [2.45, 2.75) is 6.92 Å². The van der Waals surface area contributed by atoms with Gasteiger partial charge in [-0.25, -0.2) is 18.1 Å². The maximum absolute atomic E-state index is 12.4. The molecule has 0 atom stereocenters. The number of carbonyl (C=O) groups excluding carboxylic acids is 2. The zero-order valence-corrected chi connectivity index (χ0v) is 17.6. The van der Waals surface area contributed by atoms with E-state index < -0.39 is 21.7 Å². The minimum Gasteiger partial charge on any atom is -0.457 e. The van der Waals surface area contributed by atoms with Crippen LogP contribution in [0.1, 0.15) is 23.0 Å². The topological polar surface area (TPSA) is 142 Å². The van der Waals surface area contributed by atoms with Crippen LogP contribution in [0, 0.1) is 5.41 Å². The second-order valence-corrected chi connectivity index (χ2v) is 9.15. The van der Waals surface area contributed by atoms with Crippen molar-refractivity contribution >= 4 is 55.9 Å². The van der Waals surface area contributed by atoms with Gasteiger partial charge in [0.1, 0.15) is 11.6 Å². The molecule has 1 N–H and O–H groups in total. The fourth-order valence-electron chi connectivity index (χ4n) is 2.68. The molecule has 3 heterocycles. The number of aliphatic imine (C=N–C) groups is 1. The Bertz CT molecular complexity index is 1280. The highest BCUT2D eigenvalue weighted by Gasteiger charge is 2.42. The molecule has 0 radical (unpaired) electrons. The lowest BCUT2D eigenvalue weighted by Gasteiger charge is -2.24. The van der Waals surface area contributed by atoms with Gasteiger partial charge in [-0.05, 0) is 35.9 Å². The van der Waals surface area contributed by atoms with Crippen LogP contribution >= 0.6 is 11.9 Å². The zero-order chi connectivity index (χ0) is 22.2. The predicted octanol–water partition coefficient (Wildman–Crippen LogP) is 2.51. The van der Waals surface area contributed by atoms with Crippen LogP contribution in [-0.2, 0) is 14.6 Å². The van der Waals surface area contributed by atoms with E-state index in [1.165, 1.54) is 37.5 Å². The Kier molecular flexibility index (Phi) is 5.33. The van der Waals surface area contributed by atoms with Crippen molar-refractivity contribution in [1.82, 2.24) is 4.90 Å². The summed E-state index contributed by atoms with van der Waals surface area (Å²) in [6, 6.07) is 9.22. The van der Waals surface area contributed by atoms with Crippen LogP contribution in [0.3, 0.4) is 0 Å². The summed E-state index contributed by atoms with van der Waals surface area (Å²) in [6.07, 6.45) is 2.76. The molecule has 2 aromatic rings. The summed E-state index contributed by atoms with van der Waals surface area (Å²) in [4.78, 5) is 29.2. The lowest BCUT2D eigenvalue weighted by Crippen LogP contribution is -2.45. The number of hydrogen-bond donors (Lipinski definition) is 1. The van der Waals surface area contributed by atoms with Gasteiger partial charge < -0.3 is 9.15 Å². The summed E-state index contributed by atoms with van der Waals surface area (Å²) in [6.45, 7) is 1.47. The number of sulfone groups is 1. The number of amides is 1. The Hall–Kier alpha value is -3.51. The van der Waals surface area contributed by atoms with E-state index in [4.69, 9.17) is 14.6 Å². The van der Waals surface area contributed by atoms with E-state index in [1.54, 1.807) is 18.2 Å². The Balaban J connectivity index is 1.57. The average Bonchev–Trinajstić information content (AvgIpc) is 3.43. The molecular weight excluding hydrogens is 444 g/mol. The van der Waals surface area contributed by atoms with Crippen LogP contribution in [-0.4, -0.2) is 47.1 Å². The quantitative estimate of drug-likeness (QED) is 0.319. The summed E-state index contributed by atoms with van der Waals surface area (Å²) >= 11 is 0.739. The molecule has 0 spiro atoms. The number of amidine groups is 3. The first-order valence-electron chi connectivity index (χ1n) is 8.87. The molecule has 12 heteroatoms. The minimum atomic E-state index is -3.71. The Morgan fingerprint density at radius 3 is 2.68 bits per heavy atom. The zero-order valence-electron chi connectivity index (χ0n) is 15.9. The molecule has 0 unspecified atom stereocenters. The largest absolute Gasteiger partial charge is 0.457 e. The number of benzene rings is 1. The average molecular weight is 458 g/mol. The van der Waals surface area contributed by atoms with Crippen LogP contribution in [0.5, 0.6) is 5.75 Å². The molecule has 0 bridgehead atoms. The van der Waals surface area contributed by atoms with Gasteiger partial charge in [-0.2, -0.15) is 9.39 Å². The SMILES string of the molecule is CCS(=O)(=O)C1=NSC2=NC(=O)/C(=C\c3ccc(OC(=O)c4ccco4)cc3)C(=N)N21. The number of nitrogens with one attached hydrogen (secondary N) is 1. The van der Waals surface area contributed by atoms with Crippen molar-refractivity contribution in [1.29, 1.82) is 5.41 Å². The molecule has 4 rings (SSSR count). The molecule has 0 fully saturated rings. The molecule has 1 aromatic heterocycles. The third-order valence-corrected chi connectivity index (χ3v) is 6.68. The highest BCUT2D eigenvalue weighted by molar-refractivity contribution is 8.16. The maximum atomic E-state index is 12.4. The van der Waals surface area contributed by atoms with E-state index in [9.17, 15) is 18.0 Å². The number of ether oxygens (including phenoxy) is 1. The van der Waals surface area contributed by atoms with Gasteiger partial charge in [-0.15, -0.1) is 0 Å². The molecule has 10 nitrogen and oxygen atoms in total. The van der Waals surface area contributed by atoms with Crippen LogP contribution in [0.15, 0.2) is 62.0 Å². The molecule has 0 aliphatic carbocycles. The van der Waals surface area contributed by atoms with Gasteiger partial charge in [-0.3, -0.25) is 10.2 Å². The predicted molar refractivity (Wildman–Crippen MR) is 115 cm³/mol. The first-order valence-corrected chi connectivity index (χ1v) is 11.3.